The average Bonchev–Trinajstić information content (AvgIpc) is 2.84. The summed E-state index contributed by atoms with van der Waals surface area (Å²) in [6, 6.07) is 17.1. The van der Waals surface area contributed by atoms with Gasteiger partial charge in [0.1, 0.15) is 0 Å². The molecule has 0 radical (unpaired) electrons. The highest BCUT2D eigenvalue weighted by molar-refractivity contribution is 7.98. The van der Waals surface area contributed by atoms with Crippen molar-refractivity contribution in [3.63, 3.8) is 0 Å². The number of thioether (sulfide) groups is 1. The van der Waals surface area contributed by atoms with E-state index in [-0.39, 0.29) is 0 Å². The van der Waals surface area contributed by atoms with Gasteiger partial charge in [0.05, 0.1) is 0 Å². The summed E-state index contributed by atoms with van der Waals surface area (Å²) in [5.41, 5.74) is 5.08. The van der Waals surface area contributed by atoms with Crippen LogP contribution in [0.25, 0.3) is 0 Å². The minimum Gasteiger partial charge on any atom is -0.359 e. The molecule has 2 heteroatoms. The second kappa shape index (κ2) is 7.37. The Morgan fingerprint density at radius 1 is 1.05 bits per heavy atom. The van der Waals surface area contributed by atoms with E-state index in [0.29, 0.717) is 5.92 Å². The summed E-state index contributed by atoms with van der Waals surface area (Å²) in [5.74, 6) is 1.41. The van der Waals surface area contributed by atoms with Crippen molar-refractivity contribution in [2.45, 2.75) is 37.3 Å². The molecule has 0 aliphatic carbocycles. The topological polar surface area (TPSA) is 12.0 Å². The van der Waals surface area contributed by atoms with Gasteiger partial charge >= 0.3 is 0 Å². The smallest absolute Gasteiger partial charge is 0.0432 e. The van der Waals surface area contributed by atoms with Crippen LogP contribution in [-0.4, -0.2) is 0 Å². The van der Waals surface area contributed by atoms with E-state index in [2.05, 4.69) is 67.4 Å². The van der Waals surface area contributed by atoms with Crippen LogP contribution in [0.1, 0.15) is 37.8 Å². The quantitative estimate of drug-likeness (QED) is 0.692. The van der Waals surface area contributed by atoms with Gasteiger partial charge in [0.2, 0.25) is 0 Å². The molecule has 1 unspecified atom stereocenters. The van der Waals surface area contributed by atoms with Gasteiger partial charge in [-0.25, -0.2) is 0 Å². The zero-order chi connectivity index (χ0) is 15.2. The normalized spacial score (nSPS) is 15.8. The Morgan fingerprint density at radius 3 is 2.48 bits per heavy atom. The third-order valence-corrected chi connectivity index (χ3v) is 4.70. The van der Waals surface area contributed by atoms with Gasteiger partial charge < -0.3 is 5.32 Å². The molecular weight excluding hydrogens is 274 g/mol. The van der Waals surface area contributed by atoms with Crippen LogP contribution in [-0.2, 0) is 5.75 Å². The summed E-state index contributed by atoms with van der Waals surface area (Å²) < 4.78 is 0. The predicted octanol–water partition coefficient (Wildman–Crippen LogP) is 6.05. The Morgan fingerprint density at radius 2 is 1.76 bits per heavy atom. The van der Waals surface area contributed by atoms with Crippen LogP contribution in [0.5, 0.6) is 0 Å². The highest BCUT2D eigenvalue weighted by Crippen LogP contribution is 2.43. The van der Waals surface area contributed by atoms with E-state index in [1.54, 1.807) is 0 Å². The summed E-state index contributed by atoms with van der Waals surface area (Å²) in [7, 11) is 0. The second-order valence-electron chi connectivity index (χ2n) is 4.86. The van der Waals surface area contributed by atoms with Crippen molar-refractivity contribution in [1.82, 2.24) is 0 Å². The SMILES string of the molecule is C=C1Nc2cccc(SCc3ccccc3)c2C1C.CC. The Labute approximate surface area is 132 Å². The lowest BCUT2D eigenvalue weighted by atomic mass is 10.0. The maximum Gasteiger partial charge on any atom is 0.0432 e. The van der Waals surface area contributed by atoms with E-state index >= 15 is 0 Å². The lowest BCUT2D eigenvalue weighted by Gasteiger charge is -2.10. The number of rotatable bonds is 3. The zero-order valence-corrected chi connectivity index (χ0v) is 13.8. The van der Waals surface area contributed by atoms with Gasteiger partial charge in [-0.05, 0) is 23.3 Å². The van der Waals surface area contributed by atoms with E-state index < -0.39 is 0 Å². The molecule has 0 spiro atoms. The van der Waals surface area contributed by atoms with Gasteiger partial charge in [-0.2, -0.15) is 0 Å². The van der Waals surface area contributed by atoms with E-state index in [0.717, 1.165) is 11.4 Å². The minimum absolute atomic E-state index is 0.398. The van der Waals surface area contributed by atoms with Crippen molar-refractivity contribution in [3.05, 3.63) is 71.9 Å². The fraction of sp³-hybridized carbons (Fsp3) is 0.263. The van der Waals surface area contributed by atoms with E-state index in [4.69, 9.17) is 0 Å². The molecule has 1 aliphatic rings. The van der Waals surface area contributed by atoms with E-state index in [9.17, 15) is 0 Å². The maximum atomic E-state index is 4.09. The molecule has 1 atom stereocenters. The summed E-state index contributed by atoms with van der Waals surface area (Å²) in [6.07, 6.45) is 0. The van der Waals surface area contributed by atoms with Crippen LogP contribution in [0.15, 0.2) is 65.7 Å². The molecule has 0 saturated carbocycles. The summed E-state index contributed by atoms with van der Waals surface area (Å²) in [5, 5.41) is 3.38. The number of allylic oxidation sites excluding steroid dienone is 1. The Hall–Kier alpha value is -1.67. The van der Waals surface area contributed by atoms with Crippen LogP contribution in [0.2, 0.25) is 0 Å². The van der Waals surface area contributed by atoms with Crippen molar-refractivity contribution < 1.29 is 0 Å². The van der Waals surface area contributed by atoms with E-state index in [1.165, 1.54) is 21.7 Å². The van der Waals surface area contributed by atoms with Crippen molar-refractivity contribution in [1.29, 1.82) is 0 Å². The van der Waals surface area contributed by atoms with Crippen molar-refractivity contribution in [2.75, 3.05) is 5.32 Å². The molecule has 0 fully saturated rings. The first-order chi connectivity index (χ1) is 10.3. The molecule has 110 valence electrons. The fourth-order valence-electron chi connectivity index (χ4n) is 2.42. The maximum absolute atomic E-state index is 4.09. The molecule has 1 nitrogen and oxygen atoms in total. The Kier molecular flexibility index (Phi) is 5.51. The van der Waals surface area contributed by atoms with Gasteiger partial charge in [-0.1, -0.05) is 63.7 Å². The third kappa shape index (κ3) is 3.51. The molecule has 0 saturated heterocycles. The van der Waals surface area contributed by atoms with Crippen LogP contribution in [0, 0.1) is 0 Å². The van der Waals surface area contributed by atoms with Crippen LogP contribution >= 0.6 is 11.8 Å². The first-order valence-electron chi connectivity index (χ1n) is 7.51. The van der Waals surface area contributed by atoms with Crippen molar-refractivity contribution in [2.24, 2.45) is 0 Å². The molecule has 2 aromatic carbocycles. The summed E-state index contributed by atoms with van der Waals surface area (Å²) >= 11 is 1.90. The highest BCUT2D eigenvalue weighted by atomic mass is 32.2. The average molecular weight is 297 g/mol. The fourth-order valence-corrected chi connectivity index (χ4v) is 3.55. The van der Waals surface area contributed by atoms with Gasteiger partial charge in [0, 0.05) is 28.0 Å². The Bertz CT molecular complexity index is 604. The minimum atomic E-state index is 0.398. The molecular formula is C19H23NS. The van der Waals surface area contributed by atoms with Crippen LogP contribution < -0.4 is 5.32 Å². The van der Waals surface area contributed by atoms with Gasteiger partial charge in [-0.15, -0.1) is 11.8 Å². The molecule has 3 rings (SSSR count). The number of hydrogen-bond donors (Lipinski definition) is 1. The first-order valence-corrected chi connectivity index (χ1v) is 8.49. The van der Waals surface area contributed by atoms with Crippen molar-refractivity contribution >= 4 is 17.4 Å². The molecule has 1 N–H and O–H groups in total. The molecule has 0 aromatic heterocycles. The molecule has 2 aromatic rings. The molecule has 21 heavy (non-hydrogen) atoms. The summed E-state index contributed by atoms with van der Waals surface area (Å²) in [4.78, 5) is 1.36. The number of nitrogens with one attached hydrogen (secondary N) is 1. The Balaban J connectivity index is 0.000000774. The van der Waals surface area contributed by atoms with Crippen molar-refractivity contribution in [3.8, 4) is 0 Å². The van der Waals surface area contributed by atoms with Crippen LogP contribution in [0.4, 0.5) is 5.69 Å². The first kappa shape index (κ1) is 15.7. The highest BCUT2D eigenvalue weighted by Gasteiger charge is 2.24. The number of anilines is 1. The molecule has 1 aliphatic heterocycles. The second-order valence-corrected chi connectivity index (χ2v) is 5.88. The lowest BCUT2D eigenvalue weighted by molar-refractivity contribution is 0.926. The lowest BCUT2D eigenvalue weighted by Crippen LogP contribution is -1.93. The standard InChI is InChI=1S/C17H17NS.C2H6/c1-12-13(2)18-15-9-6-10-16(17(12)15)19-11-14-7-4-3-5-8-14;1-2/h3-10,12,18H,2,11H2,1H3;1-2H3. The van der Waals surface area contributed by atoms with Gasteiger partial charge in [-0.3, -0.25) is 0 Å². The predicted molar refractivity (Wildman–Crippen MR) is 95.0 cm³/mol. The van der Waals surface area contributed by atoms with Crippen LogP contribution in [0.3, 0.4) is 0 Å². The van der Waals surface area contributed by atoms with Gasteiger partial charge in [0.25, 0.3) is 0 Å². The third-order valence-electron chi connectivity index (χ3n) is 3.55. The molecule has 1 heterocycles. The monoisotopic (exact) mass is 297 g/mol. The molecule has 0 bridgehead atoms. The largest absolute Gasteiger partial charge is 0.359 e. The van der Waals surface area contributed by atoms with Gasteiger partial charge in [0.15, 0.2) is 0 Å². The van der Waals surface area contributed by atoms with E-state index in [1.807, 2.05) is 25.6 Å². The zero-order valence-electron chi connectivity index (χ0n) is 13.0. The number of hydrogen-bond acceptors (Lipinski definition) is 2. The number of benzene rings is 2. The number of fused-ring (bicyclic) bond motifs is 1. The summed E-state index contributed by atoms with van der Waals surface area (Å²) in [6.45, 7) is 10.3. The molecule has 0 amide bonds.